The summed E-state index contributed by atoms with van der Waals surface area (Å²) < 4.78 is 61.9. The lowest BCUT2D eigenvalue weighted by Gasteiger charge is -2.20. The molecule has 0 radical (unpaired) electrons. The molecular formula is C32H24F2N4O5S. The van der Waals surface area contributed by atoms with Crippen molar-refractivity contribution in [3.63, 3.8) is 0 Å². The molecular weight excluding hydrogens is 590 g/mol. The quantitative estimate of drug-likeness (QED) is 0.199. The third kappa shape index (κ3) is 4.92. The second-order valence-corrected chi connectivity index (χ2v) is 12.2. The zero-order chi connectivity index (χ0) is 31.3. The molecule has 0 saturated carbocycles. The highest BCUT2D eigenvalue weighted by Crippen LogP contribution is 2.41. The van der Waals surface area contributed by atoms with Gasteiger partial charge in [-0.1, -0.05) is 19.1 Å². The van der Waals surface area contributed by atoms with E-state index in [1.54, 1.807) is 19.1 Å². The number of Topliss-reactive ketones (excluding diaryl/α,β-unsaturated/α-hetero) is 1. The molecule has 0 atom stereocenters. The van der Waals surface area contributed by atoms with Crippen LogP contribution in [0.2, 0.25) is 0 Å². The van der Waals surface area contributed by atoms with E-state index in [1.807, 2.05) is 0 Å². The Morgan fingerprint density at radius 2 is 1.70 bits per heavy atom. The molecule has 0 N–H and O–H groups in total. The average molecular weight is 615 g/mol. The molecule has 3 heterocycles. The van der Waals surface area contributed by atoms with Gasteiger partial charge in [-0.25, -0.2) is 27.2 Å². The largest absolute Gasteiger partial charge is 0.455 e. The Labute approximate surface area is 250 Å². The molecule has 3 aromatic heterocycles. The number of hydrogen-bond acceptors (Lipinski definition) is 7. The molecule has 0 aliphatic heterocycles. The van der Waals surface area contributed by atoms with Gasteiger partial charge in [0.1, 0.15) is 29.3 Å². The zero-order valence-electron chi connectivity index (χ0n) is 23.7. The fraction of sp³-hybridized carbons (Fsp3) is 0.125. The molecule has 0 spiro atoms. The van der Waals surface area contributed by atoms with Crippen molar-refractivity contribution < 1.29 is 26.4 Å². The van der Waals surface area contributed by atoms with Crippen LogP contribution in [0.25, 0.3) is 50.1 Å². The minimum Gasteiger partial charge on any atom is -0.455 e. The van der Waals surface area contributed by atoms with E-state index in [4.69, 9.17) is 4.42 Å². The van der Waals surface area contributed by atoms with Gasteiger partial charge in [-0.05, 0) is 48.5 Å². The summed E-state index contributed by atoms with van der Waals surface area (Å²) in [5, 5.41) is 0.456. The second kappa shape index (κ2) is 10.8. The van der Waals surface area contributed by atoms with E-state index in [2.05, 4.69) is 9.97 Å². The van der Waals surface area contributed by atoms with Crippen LogP contribution in [0, 0.1) is 11.6 Å². The van der Waals surface area contributed by atoms with Crippen molar-refractivity contribution in [2.45, 2.75) is 13.3 Å². The number of sulfonamides is 1. The number of para-hydroxylation sites is 1. The van der Waals surface area contributed by atoms with Crippen LogP contribution in [-0.2, 0) is 10.0 Å². The molecule has 3 aromatic carbocycles. The number of furan rings is 1. The Kier molecular flexibility index (Phi) is 7.08. The van der Waals surface area contributed by atoms with Gasteiger partial charge in [-0.3, -0.25) is 18.5 Å². The van der Waals surface area contributed by atoms with Crippen LogP contribution in [-0.4, -0.2) is 42.0 Å². The molecule has 0 saturated heterocycles. The minimum absolute atomic E-state index is 0.00524. The Balaban J connectivity index is 1.65. The van der Waals surface area contributed by atoms with E-state index < -0.39 is 27.2 Å². The molecule has 6 rings (SSSR count). The number of carbonyl (C=O) groups excluding carboxylic acids is 1. The monoisotopic (exact) mass is 614 g/mol. The standard InChI is InChI=1S/C32H24F2N4O5S/c1-4-27(39)29-22-14-21(19-13-23-31(35-16-19)36-17-38(32(23)40)25-8-6-5-7-24(25)34)26(37(2)44(3,41)42)15-28(22)43-30(29)18-9-11-20(33)12-10-18/h5-17H,4H2,1-3H3. The Morgan fingerprint density at radius 1 is 0.977 bits per heavy atom. The number of halogens is 2. The molecule has 12 heteroatoms. The maximum Gasteiger partial charge on any atom is 0.267 e. The molecule has 0 bridgehead atoms. The Hall–Kier alpha value is -5.23. The zero-order valence-corrected chi connectivity index (χ0v) is 24.5. The fourth-order valence-corrected chi connectivity index (χ4v) is 5.55. The number of nitrogens with zero attached hydrogens (tertiary/aromatic N) is 4. The van der Waals surface area contributed by atoms with Gasteiger partial charge in [0.2, 0.25) is 10.0 Å². The first-order chi connectivity index (χ1) is 21.0. The van der Waals surface area contributed by atoms with E-state index >= 15 is 0 Å². The topological polar surface area (TPSA) is 115 Å². The number of aromatic nitrogens is 3. The van der Waals surface area contributed by atoms with E-state index in [0.717, 1.165) is 15.1 Å². The number of ketones is 1. The van der Waals surface area contributed by atoms with Gasteiger partial charge < -0.3 is 4.42 Å². The third-order valence-corrected chi connectivity index (χ3v) is 8.58. The van der Waals surface area contributed by atoms with Crippen molar-refractivity contribution in [1.82, 2.24) is 14.5 Å². The van der Waals surface area contributed by atoms with Crippen LogP contribution in [0.3, 0.4) is 0 Å². The first-order valence-corrected chi connectivity index (χ1v) is 15.3. The first kappa shape index (κ1) is 28.9. The van der Waals surface area contributed by atoms with E-state index in [1.165, 1.54) is 74.2 Å². The average Bonchev–Trinajstić information content (AvgIpc) is 3.38. The lowest BCUT2D eigenvalue weighted by Crippen LogP contribution is -2.25. The summed E-state index contributed by atoms with van der Waals surface area (Å²) in [6.45, 7) is 1.70. The van der Waals surface area contributed by atoms with Gasteiger partial charge in [0.25, 0.3) is 5.56 Å². The summed E-state index contributed by atoms with van der Waals surface area (Å²) in [6.07, 6.45) is 3.80. The van der Waals surface area contributed by atoms with E-state index in [9.17, 15) is 26.8 Å². The van der Waals surface area contributed by atoms with Gasteiger partial charge in [0.05, 0.1) is 28.6 Å². The number of carbonyl (C=O) groups is 1. The summed E-state index contributed by atoms with van der Waals surface area (Å²) in [7, 11) is -2.43. The molecule has 0 aliphatic rings. The van der Waals surface area contributed by atoms with Crippen LogP contribution in [0.4, 0.5) is 14.5 Å². The van der Waals surface area contributed by atoms with Crippen LogP contribution in [0.15, 0.2) is 88.5 Å². The van der Waals surface area contributed by atoms with Crippen molar-refractivity contribution in [2.75, 3.05) is 17.6 Å². The highest BCUT2D eigenvalue weighted by molar-refractivity contribution is 7.92. The highest BCUT2D eigenvalue weighted by atomic mass is 32.2. The molecule has 6 aromatic rings. The molecule has 9 nitrogen and oxygen atoms in total. The summed E-state index contributed by atoms with van der Waals surface area (Å²) in [5.74, 6) is -1.11. The van der Waals surface area contributed by atoms with Crippen molar-refractivity contribution in [3.05, 3.63) is 107 Å². The van der Waals surface area contributed by atoms with E-state index in [-0.39, 0.29) is 51.5 Å². The van der Waals surface area contributed by atoms with Gasteiger partial charge in [0, 0.05) is 47.8 Å². The number of benzene rings is 3. The number of hydrogen-bond donors (Lipinski definition) is 0. The number of fused-ring (bicyclic) bond motifs is 2. The van der Waals surface area contributed by atoms with Crippen LogP contribution < -0.4 is 9.86 Å². The van der Waals surface area contributed by atoms with Gasteiger partial charge >= 0.3 is 0 Å². The molecule has 0 aliphatic carbocycles. The fourth-order valence-electron chi connectivity index (χ4n) is 5.04. The van der Waals surface area contributed by atoms with Gasteiger partial charge in [-0.15, -0.1) is 0 Å². The minimum atomic E-state index is -3.79. The number of anilines is 1. The normalized spacial score (nSPS) is 11.8. The smallest absolute Gasteiger partial charge is 0.267 e. The van der Waals surface area contributed by atoms with Gasteiger partial charge in [-0.2, -0.15) is 0 Å². The van der Waals surface area contributed by atoms with Crippen molar-refractivity contribution in [2.24, 2.45) is 0 Å². The summed E-state index contributed by atoms with van der Waals surface area (Å²) in [6, 6.07) is 15.8. The first-order valence-electron chi connectivity index (χ1n) is 13.4. The Bertz CT molecular complexity index is 2280. The van der Waals surface area contributed by atoms with Gasteiger partial charge in [0.15, 0.2) is 11.4 Å². The highest BCUT2D eigenvalue weighted by Gasteiger charge is 2.26. The number of rotatable bonds is 7. The molecule has 0 unspecified atom stereocenters. The third-order valence-electron chi connectivity index (χ3n) is 7.38. The SMILES string of the molecule is CCC(=O)c1c(-c2ccc(F)cc2)oc2cc(N(C)S(C)(=O)=O)c(-c3cnc4ncn(-c5ccccc5F)c(=O)c4c3)cc12. The molecule has 222 valence electrons. The van der Waals surface area contributed by atoms with E-state index in [0.29, 0.717) is 22.1 Å². The lowest BCUT2D eigenvalue weighted by molar-refractivity contribution is 0.0989. The lowest BCUT2D eigenvalue weighted by atomic mass is 9.96. The van der Waals surface area contributed by atoms with Crippen molar-refractivity contribution in [3.8, 4) is 28.1 Å². The van der Waals surface area contributed by atoms with Crippen LogP contribution in [0.1, 0.15) is 23.7 Å². The maximum absolute atomic E-state index is 14.6. The predicted molar refractivity (Wildman–Crippen MR) is 164 cm³/mol. The summed E-state index contributed by atoms with van der Waals surface area (Å²) in [4.78, 5) is 35.4. The molecule has 0 fully saturated rings. The second-order valence-electron chi connectivity index (χ2n) is 10.2. The summed E-state index contributed by atoms with van der Waals surface area (Å²) >= 11 is 0. The Morgan fingerprint density at radius 3 is 2.39 bits per heavy atom. The number of pyridine rings is 1. The van der Waals surface area contributed by atoms with Crippen LogP contribution in [0.5, 0.6) is 0 Å². The molecule has 44 heavy (non-hydrogen) atoms. The van der Waals surface area contributed by atoms with Crippen LogP contribution >= 0.6 is 0 Å². The van der Waals surface area contributed by atoms with Crippen molar-refractivity contribution >= 4 is 43.5 Å². The maximum atomic E-state index is 14.6. The summed E-state index contributed by atoms with van der Waals surface area (Å²) in [5.41, 5.74) is 1.33. The molecule has 0 amide bonds. The van der Waals surface area contributed by atoms with Crippen molar-refractivity contribution in [1.29, 1.82) is 0 Å². The predicted octanol–water partition coefficient (Wildman–Crippen LogP) is 6.13.